The molecule has 3 nitrogen and oxygen atoms in total. The van der Waals surface area contributed by atoms with Crippen molar-refractivity contribution >= 4 is 17.7 Å². The van der Waals surface area contributed by atoms with E-state index >= 15 is 0 Å². The van der Waals surface area contributed by atoms with Gasteiger partial charge in [0.2, 0.25) is 0 Å². The van der Waals surface area contributed by atoms with Gasteiger partial charge in [-0.05, 0) is 39.5 Å². The van der Waals surface area contributed by atoms with Gasteiger partial charge in [-0.1, -0.05) is 6.42 Å². The fourth-order valence-corrected chi connectivity index (χ4v) is 3.63. The fraction of sp³-hybridized carbons (Fsp3) is 0.929. The van der Waals surface area contributed by atoms with Crippen molar-refractivity contribution in [1.82, 2.24) is 10.2 Å². The second-order valence-electron chi connectivity index (χ2n) is 6.02. The van der Waals surface area contributed by atoms with Crippen molar-refractivity contribution in [3.8, 4) is 0 Å². The molecule has 2 rings (SSSR count). The summed E-state index contributed by atoms with van der Waals surface area (Å²) >= 11 is 2.08. The second-order valence-corrected chi connectivity index (χ2v) is 7.82. The molecule has 0 bridgehead atoms. The summed E-state index contributed by atoms with van der Waals surface area (Å²) in [6, 6.07) is 0. The molecular weight excluding hydrogens is 242 g/mol. The number of hydrogen-bond acceptors (Lipinski definition) is 2. The number of nitrogens with one attached hydrogen (secondary N) is 1. The summed E-state index contributed by atoms with van der Waals surface area (Å²) in [4.78, 5) is 7.29. The molecule has 2 aliphatic rings. The van der Waals surface area contributed by atoms with Crippen molar-refractivity contribution in [3.05, 3.63) is 0 Å². The Labute approximate surface area is 116 Å². The summed E-state index contributed by atoms with van der Waals surface area (Å²) in [6.45, 7) is 11.0. The third-order valence-corrected chi connectivity index (χ3v) is 5.08. The number of hydrogen-bond donors (Lipinski definition) is 1. The van der Waals surface area contributed by atoms with Gasteiger partial charge in [-0.15, -0.1) is 0 Å². The third kappa shape index (κ3) is 3.81. The Balaban J connectivity index is 1.94. The van der Waals surface area contributed by atoms with Crippen LogP contribution in [0.1, 0.15) is 40.0 Å². The van der Waals surface area contributed by atoms with E-state index in [0.717, 1.165) is 38.1 Å². The monoisotopic (exact) mass is 269 g/mol. The quantitative estimate of drug-likeness (QED) is 0.630. The van der Waals surface area contributed by atoms with Crippen LogP contribution in [0.15, 0.2) is 4.99 Å². The molecule has 0 aromatic carbocycles. The molecule has 1 aliphatic carbocycles. The van der Waals surface area contributed by atoms with E-state index in [9.17, 15) is 0 Å². The molecule has 0 atom stereocenters. The number of rotatable bonds is 3. The normalized spacial score (nSPS) is 24.8. The lowest BCUT2D eigenvalue weighted by atomic mass is 9.86. The fourth-order valence-electron chi connectivity index (χ4n) is 2.51. The van der Waals surface area contributed by atoms with Gasteiger partial charge >= 0.3 is 0 Å². The molecule has 104 valence electrons. The minimum atomic E-state index is 0.352. The molecule has 0 aromatic heterocycles. The lowest BCUT2D eigenvalue weighted by Gasteiger charge is -2.39. The van der Waals surface area contributed by atoms with E-state index in [1.807, 2.05) is 0 Å². The summed E-state index contributed by atoms with van der Waals surface area (Å²) < 4.78 is 0.352. The largest absolute Gasteiger partial charge is 0.357 e. The molecule has 2 fully saturated rings. The maximum absolute atomic E-state index is 4.85. The summed E-state index contributed by atoms with van der Waals surface area (Å²) in [7, 11) is 0. The van der Waals surface area contributed by atoms with Crippen LogP contribution in [0.5, 0.6) is 0 Å². The average molecular weight is 269 g/mol. The van der Waals surface area contributed by atoms with Crippen LogP contribution in [0.25, 0.3) is 0 Å². The summed E-state index contributed by atoms with van der Waals surface area (Å²) in [5.41, 5.74) is 0. The van der Waals surface area contributed by atoms with E-state index in [1.165, 1.54) is 25.0 Å². The summed E-state index contributed by atoms with van der Waals surface area (Å²) in [6.07, 6.45) is 4.17. The number of nitrogens with zero attached hydrogens (tertiary/aromatic N) is 2. The van der Waals surface area contributed by atoms with Gasteiger partial charge in [0.1, 0.15) is 0 Å². The highest BCUT2D eigenvalue weighted by atomic mass is 32.2. The highest BCUT2D eigenvalue weighted by Crippen LogP contribution is 2.30. The van der Waals surface area contributed by atoms with Crippen LogP contribution >= 0.6 is 11.8 Å². The molecule has 1 heterocycles. The Morgan fingerprint density at radius 2 is 2.22 bits per heavy atom. The maximum Gasteiger partial charge on any atom is 0.193 e. The van der Waals surface area contributed by atoms with Crippen molar-refractivity contribution in [2.45, 2.75) is 44.8 Å². The highest BCUT2D eigenvalue weighted by molar-refractivity contribution is 8.00. The third-order valence-electron chi connectivity index (χ3n) is 3.78. The average Bonchev–Trinajstić information content (AvgIpc) is 2.24. The molecule has 0 unspecified atom stereocenters. The minimum Gasteiger partial charge on any atom is -0.357 e. The molecule has 0 amide bonds. The maximum atomic E-state index is 4.85. The van der Waals surface area contributed by atoms with Gasteiger partial charge in [0.05, 0.1) is 0 Å². The Bertz CT molecular complexity index is 297. The minimum absolute atomic E-state index is 0.352. The molecule has 18 heavy (non-hydrogen) atoms. The predicted molar refractivity (Wildman–Crippen MR) is 81.4 cm³/mol. The Hall–Kier alpha value is -0.380. The molecule has 1 saturated heterocycles. The van der Waals surface area contributed by atoms with Crippen LogP contribution in [0, 0.1) is 5.92 Å². The molecule has 1 saturated carbocycles. The highest BCUT2D eigenvalue weighted by Gasteiger charge is 2.28. The molecule has 0 aromatic rings. The van der Waals surface area contributed by atoms with Gasteiger partial charge in [-0.25, -0.2) is 0 Å². The van der Waals surface area contributed by atoms with Gasteiger partial charge in [-0.2, -0.15) is 11.8 Å². The van der Waals surface area contributed by atoms with Crippen molar-refractivity contribution < 1.29 is 0 Å². The predicted octanol–water partition coefficient (Wildman–Crippen LogP) is 2.58. The molecule has 0 radical (unpaired) electrons. The van der Waals surface area contributed by atoms with Crippen LogP contribution in [0.4, 0.5) is 0 Å². The zero-order valence-electron chi connectivity index (χ0n) is 12.0. The summed E-state index contributed by atoms with van der Waals surface area (Å²) in [5.74, 6) is 3.20. The molecule has 4 heteroatoms. The first-order valence-electron chi connectivity index (χ1n) is 7.28. The Morgan fingerprint density at radius 1 is 1.44 bits per heavy atom. The number of thioether (sulfide) groups is 1. The van der Waals surface area contributed by atoms with Gasteiger partial charge in [0, 0.05) is 36.7 Å². The number of aliphatic imine (C=N–C) groups is 1. The van der Waals surface area contributed by atoms with Gasteiger partial charge < -0.3 is 10.2 Å². The van der Waals surface area contributed by atoms with Crippen molar-refractivity contribution in [3.63, 3.8) is 0 Å². The van der Waals surface area contributed by atoms with E-state index in [0.29, 0.717) is 4.75 Å². The van der Waals surface area contributed by atoms with E-state index in [1.54, 1.807) is 0 Å². The molecule has 1 aliphatic heterocycles. The van der Waals surface area contributed by atoms with Gasteiger partial charge in [0.25, 0.3) is 0 Å². The van der Waals surface area contributed by atoms with Crippen LogP contribution in [0.3, 0.4) is 0 Å². The second kappa shape index (κ2) is 6.18. The summed E-state index contributed by atoms with van der Waals surface area (Å²) in [5, 5.41) is 3.46. The van der Waals surface area contributed by atoms with Crippen molar-refractivity contribution in [2.75, 3.05) is 31.9 Å². The molecule has 0 spiro atoms. The zero-order chi connectivity index (χ0) is 13.0. The van der Waals surface area contributed by atoms with Crippen LogP contribution in [0.2, 0.25) is 0 Å². The van der Waals surface area contributed by atoms with Crippen LogP contribution in [-0.2, 0) is 0 Å². The first-order valence-corrected chi connectivity index (χ1v) is 8.26. The topological polar surface area (TPSA) is 27.6 Å². The van der Waals surface area contributed by atoms with Crippen molar-refractivity contribution in [2.24, 2.45) is 10.9 Å². The Morgan fingerprint density at radius 3 is 2.78 bits per heavy atom. The molecule has 1 N–H and O–H groups in total. The zero-order valence-corrected chi connectivity index (χ0v) is 12.9. The van der Waals surface area contributed by atoms with E-state index < -0.39 is 0 Å². The van der Waals surface area contributed by atoms with Crippen LogP contribution < -0.4 is 5.32 Å². The first kappa shape index (κ1) is 14.0. The van der Waals surface area contributed by atoms with E-state index in [-0.39, 0.29) is 0 Å². The Kier molecular flexibility index (Phi) is 4.82. The first-order chi connectivity index (χ1) is 8.61. The SMILES string of the molecule is CCNC(=NCC1CCC1)N1CCSC(C)(C)C1. The van der Waals surface area contributed by atoms with Crippen LogP contribution in [-0.4, -0.2) is 47.5 Å². The lowest BCUT2D eigenvalue weighted by molar-refractivity contribution is 0.321. The van der Waals surface area contributed by atoms with E-state index in [4.69, 9.17) is 4.99 Å². The van der Waals surface area contributed by atoms with Crippen molar-refractivity contribution in [1.29, 1.82) is 0 Å². The van der Waals surface area contributed by atoms with E-state index in [2.05, 4.69) is 42.7 Å². The smallest absolute Gasteiger partial charge is 0.193 e. The standard InChI is InChI=1S/C14H27N3S/c1-4-15-13(16-10-12-6-5-7-12)17-8-9-18-14(2,3)11-17/h12H,4-11H2,1-3H3,(H,15,16). The lowest BCUT2D eigenvalue weighted by Crippen LogP contribution is -2.51. The number of guanidine groups is 1. The van der Waals surface area contributed by atoms with Gasteiger partial charge in [-0.3, -0.25) is 4.99 Å². The molecular formula is C14H27N3S. The van der Waals surface area contributed by atoms with Gasteiger partial charge in [0.15, 0.2) is 5.96 Å².